The standard InChI is InChI=1S/C24H22N2O5/c1-29-21-15-19(24(28)30-2)13-14-20(21)31-16-22(27)25-26-23(17-9-5-3-6-10-17)18-11-7-4-8-12-18/h3-15H,16H2,1-2H3,(H,25,27). The van der Waals surface area contributed by atoms with Gasteiger partial charge in [-0.25, -0.2) is 10.2 Å². The number of hydrogen-bond donors (Lipinski definition) is 1. The molecule has 7 nitrogen and oxygen atoms in total. The van der Waals surface area contributed by atoms with Crippen LogP contribution in [0.3, 0.4) is 0 Å². The molecule has 7 heteroatoms. The summed E-state index contributed by atoms with van der Waals surface area (Å²) in [7, 11) is 2.74. The van der Waals surface area contributed by atoms with E-state index in [9.17, 15) is 9.59 Å². The van der Waals surface area contributed by atoms with Gasteiger partial charge in [-0.2, -0.15) is 5.10 Å². The van der Waals surface area contributed by atoms with Gasteiger partial charge in [0.1, 0.15) is 0 Å². The molecule has 0 aliphatic heterocycles. The van der Waals surface area contributed by atoms with Crippen molar-refractivity contribution >= 4 is 17.6 Å². The smallest absolute Gasteiger partial charge is 0.337 e. The maximum atomic E-state index is 12.3. The summed E-state index contributed by atoms with van der Waals surface area (Å²) in [4.78, 5) is 24.0. The molecule has 3 rings (SSSR count). The van der Waals surface area contributed by atoms with Crippen LogP contribution in [-0.4, -0.2) is 38.4 Å². The number of hydrazone groups is 1. The van der Waals surface area contributed by atoms with Gasteiger partial charge in [-0.3, -0.25) is 4.79 Å². The van der Waals surface area contributed by atoms with E-state index in [0.29, 0.717) is 22.8 Å². The highest BCUT2D eigenvalue weighted by Crippen LogP contribution is 2.28. The van der Waals surface area contributed by atoms with E-state index in [0.717, 1.165) is 11.1 Å². The number of esters is 1. The highest BCUT2D eigenvalue weighted by molar-refractivity contribution is 6.13. The number of ether oxygens (including phenoxy) is 3. The summed E-state index contributed by atoms with van der Waals surface area (Å²) in [5.74, 6) is -0.302. The number of nitrogens with zero attached hydrogens (tertiary/aromatic N) is 1. The molecule has 0 atom stereocenters. The fourth-order valence-corrected chi connectivity index (χ4v) is 2.81. The highest BCUT2D eigenvalue weighted by atomic mass is 16.5. The second-order valence-corrected chi connectivity index (χ2v) is 6.37. The van der Waals surface area contributed by atoms with Gasteiger partial charge in [0.25, 0.3) is 5.91 Å². The second-order valence-electron chi connectivity index (χ2n) is 6.37. The summed E-state index contributed by atoms with van der Waals surface area (Å²) in [6.07, 6.45) is 0. The Bertz CT molecular complexity index is 1020. The molecule has 158 valence electrons. The molecule has 1 amide bonds. The molecule has 3 aromatic rings. The molecule has 0 fully saturated rings. The van der Waals surface area contributed by atoms with Gasteiger partial charge in [0.05, 0.1) is 25.5 Å². The Balaban J connectivity index is 1.71. The number of amides is 1. The van der Waals surface area contributed by atoms with E-state index in [2.05, 4.69) is 15.3 Å². The third kappa shape index (κ3) is 5.70. The van der Waals surface area contributed by atoms with Crippen molar-refractivity contribution in [1.82, 2.24) is 5.43 Å². The molecule has 0 unspecified atom stereocenters. The predicted octanol–water partition coefficient (Wildman–Crippen LogP) is 3.43. The summed E-state index contributed by atoms with van der Waals surface area (Å²) in [5.41, 5.74) is 5.23. The molecule has 0 aromatic heterocycles. The van der Waals surface area contributed by atoms with Gasteiger partial charge in [-0.05, 0) is 18.2 Å². The summed E-state index contributed by atoms with van der Waals surface area (Å²) in [5, 5.41) is 4.31. The van der Waals surface area contributed by atoms with Crippen molar-refractivity contribution in [2.24, 2.45) is 5.10 Å². The van der Waals surface area contributed by atoms with Crippen LogP contribution < -0.4 is 14.9 Å². The summed E-state index contributed by atoms with van der Waals surface area (Å²) in [6, 6.07) is 23.7. The van der Waals surface area contributed by atoms with Crippen LogP contribution in [0.1, 0.15) is 21.5 Å². The minimum atomic E-state index is -0.494. The minimum Gasteiger partial charge on any atom is -0.493 e. The molecular formula is C24H22N2O5. The zero-order chi connectivity index (χ0) is 22.1. The van der Waals surface area contributed by atoms with Gasteiger partial charge in [-0.1, -0.05) is 60.7 Å². The molecule has 3 aromatic carbocycles. The fraction of sp³-hybridized carbons (Fsp3) is 0.125. The van der Waals surface area contributed by atoms with Crippen LogP contribution >= 0.6 is 0 Å². The lowest BCUT2D eigenvalue weighted by molar-refractivity contribution is -0.123. The first-order valence-corrected chi connectivity index (χ1v) is 9.49. The van der Waals surface area contributed by atoms with Crippen LogP contribution in [0, 0.1) is 0 Å². The highest BCUT2D eigenvalue weighted by Gasteiger charge is 2.13. The Morgan fingerprint density at radius 3 is 1.97 bits per heavy atom. The van der Waals surface area contributed by atoms with Gasteiger partial charge >= 0.3 is 5.97 Å². The molecule has 0 spiro atoms. The molecule has 0 aliphatic rings. The number of rotatable bonds is 8. The molecule has 0 saturated carbocycles. The van der Waals surface area contributed by atoms with Crippen LogP contribution in [-0.2, 0) is 9.53 Å². The monoisotopic (exact) mass is 418 g/mol. The van der Waals surface area contributed by atoms with Crippen molar-refractivity contribution < 1.29 is 23.8 Å². The fourth-order valence-electron chi connectivity index (χ4n) is 2.81. The minimum absolute atomic E-state index is 0.283. The van der Waals surface area contributed by atoms with Crippen LogP contribution in [0.5, 0.6) is 11.5 Å². The van der Waals surface area contributed by atoms with Crippen molar-refractivity contribution in [1.29, 1.82) is 0 Å². The van der Waals surface area contributed by atoms with E-state index < -0.39 is 11.9 Å². The quantitative estimate of drug-likeness (QED) is 0.344. The Hall–Kier alpha value is -4.13. The topological polar surface area (TPSA) is 86.2 Å². The first kappa shape index (κ1) is 21.6. The summed E-state index contributed by atoms with van der Waals surface area (Å²) < 4.78 is 15.5. The molecular weight excluding hydrogens is 396 g/mol. The third-order valence-corrected chi connectivity index (χ3v) is 4.33. The van der Waals surface area contributed by atoms with Gasteiger partial charge in [0.15, 0.2) is 18.1 Å². The Morgan fingerprint density at radius 1 is 0.806 bits per heavy atom. The maximum absolute atomic E-state index is 12.3. The molecule has 31 heavy (non-hydrogen) atoms. The van der Waals surface area contributed by atoms with Crippen LogP contribution in [0.2, 0.25) is 0 Å². The molecule has 0 heterocycles. The molecule has 0 aliphatic carbocycles. The number of carbonyl (C=O) groups is 2. The number of carbonyl (C=O) groups excluding carboxylic acids is 2. The normalized spacial score (nSPS) is 10.0. The van der Waals surface area contributed by atoms with Gasteiger partial charge < -0.3 is 14.2 Å². The van der Waals surface area contributed by atoms with E-state index in [-0.39, 0.29) is 6.61 Å². The first-order valence-electron chi connectivity index (χ1n) is 9.49. The van der Waals surface area contributed by atoms with Crippen molar-refractivity contribution in [2.45, 2.75) is 0 Å². The lowest BCUT2D eigenvalue weighted by Gasteiger charge is -2.11. The number of nitrogens with one attached hydrogen (secondary N) is 1. The van der Waals surface area contributed by atoms with Crippen LogP contribution in [0.15, 0.2) is 84.0 Å². The third-order valence-electron chi connectivity index (χ3n) is 4.33. The summed E-state index contributed by atoms with van der Waals surface area (Å²) >= 11 is 0. The average molecular weight is 418 g/mol. The van der Waals surface area contributed by atoms with Crippen molar-refractivity contribution in [3.8, 4) is 11.5 Å². The largest absolute Gasteiger partial charge is 0.493 e. The van der Waals surface area contributed by atoms with E-state index >= 15 is 0 Å². The summed E-state index contributed by atoms with van der Waals surface area (Å²) in [6.45, 7) is -0.283. The molecule has 1 N–H and O–H groups in total. The van der Waals surface area contributed by atoms with Crippen LogP contribution in [0.25, 0.3) is 0 Å². The number of benzene rings is 3. The Morgan fingerprint density at radius 2 is 1.42 bits per heavy atom. The molecule has 0 saturated heterocycles. The zero-order valence-electron chi connectivity index (χ0n) is 17.2. The van der Waals surface area contributed by atoms with Gasteiger partial charge in [0.2, 0.25) is 0 Å². The van der Waals surface area contributed by atoms with E-state index in [1.54, 1.807) is 6.07 Å². The number of hydrogen-bond acceptors (Lipinski definition) is 6. The van der Waals surface area contributed by atoms with Crippen molar-refractivity contribution in [3.63, 3.8) is 0 Å². The first-order chi connectivity index (χ1) is 15.1. The lowest BCUT2D eigenvalue weighted by atomic mass is 10.0. The maximum Gasteiger partial charge on any atom is 0.337 e. The van der Waals surface area contributed by atoms with E-state index in [1.807, 2.05) is 60.7 Å². The average Bonchev–Trinajstić information content (AvgIpc) is 2.83. The second kappa shape index (κ2) is 10.6. The van der Waals surface area contributed by atoms with Crippen molar-refractivity contribution in [3.05, 3.63) is 95.6 Å². The van der Waals surface area contributed by atoms with E-state index in [1.165, 1.54) is 26.4 Å². The van der Waals surface area contributed by atoms with Gasteiger partial charge in [0, 0.05) is 11.1 Å². The Kier molecular flexibility index (Phi) is 7.37. The lowest BCUT2D eigenvalue weighted by Crippen LogP contribution is -2.26. The predicted molar refractivity (Wildman–Crippen MR) is 116 cm³/mol. The van der Waals surface area contributed by atoms with Crippen LogP contribution in [0.4, 0.5) is 0 Å². The zero-order valence-corrected chi connectivity index (χ0v) is 17.2. The van der Waals surface area contributed by atoms with E-state index in [4.69, 9.17) is 9.47 Å². The molecule has 0 radical (unpaired) electrons. The van der Waals surface area contributed by atoms with Gasteiger partial charge in [-0.15, -0.1) is 0 Å². The SMILES string of the molecule is COC(=O)c1ccc(OCC(=O)NN=C(c2ccccc2)c2ccccc2)c(OC)c1. The van der Waals surface area contributed by atoms with Crippen molar-refractivity contribution in [2.75, 3.05) is 20.8 Å². The Labute approximate surface area is 180 Å². The molecule has 0 bridgehead atoms. The number of methoxy groups -OCH3 is 2.